The minimum Gasteiger partial charge on any atom is -0.465 e. The first-order chi connectivity index (χ1) is 9.54. The Kier molecular flexibility index (Phi) is 4.16. The van der Waals surface area contributed by atoms with Crippen molar-refractivity contribution in [3.05, 3.63) is 29.3 Å². The van der Waals surface area contributed by atoms with Gasteiger partial charge in [-0.2, -0.15) is 0 Å². The van der Waals surface area contributed by atoms with Crippen molar-refractivity contribution in [2.24, 2.45) is 0 Å². The summed E-state index contributed by atoms with van der Waals surface area (Å²) in [7, 11) is 1.08. The van der Waals surface area contributed by atoms with Crippen molar-refractivity contribution in [1.82, 2.24) is 5.32 Å². The summed E-state index contributed by atoms with van der Waals surface area (Å²) in [6.07, 6.45) is 1.29. The smallest absolute Gasteiger partial charge is 0.340 e. The molecule has 1 aromatic rings. The third kappa shape index (κ3) is 2.71. The number of halogens is 2. The minimum absolute atomic E-state index is 0.155. The van der Waals surface area contributed by atoms with Crippen molar-refractivity contribution in [1.29, 1.82) is 0 Å². The standard InChI is InChI=1S/C13H14F2N2O3/c1-20-13(19)7-4-5-8(11(15)10(7)14)17-9-3-2-6-16-12(9)18/h4-5,9,17H,2-3,6H2,1H3,(H,16,18). The second-order valence-electron chi connectivity index (χ2n) is 4.41. The lowest BCUT2D eigenvalue weighted by molar-refractivity contribution is -0.123. The van der Waals surface area contributed by atoms with Gasteiger partial charge in [-0.05, 0) is 25.0 Å². The van der Waals surface area contributed by atoms with Gasteiger partial charge >= 0.3 is 5.97 Å². The van der Waals surface area contributed by atoms with Crippen LogP contribution in [-0.4, -0.2) is 31.6 Å². The van der Waals surface area contributed by atoms with Crippen LogP contribution in [0.15, 0.2) is 12.1 Å². The quantitative estimate of drug-likeness (QED) is 0.824. The van der Waals surface area contributed by atoms with Crippen molar-refractivity contribution in [2.75, 3.05) is 19.0 Å². The Labute approximate surface area is 114 Å². The second kappa shape index (κ2) is 5.85. The molecule has 7 heteroatoms. The van der Waals surface area contributed by atoms with Crippen LogP contribution in [0.3, 0.4) is 0 Å². The lowest BCUT2D eigenvalue weighted by atomic mass is 10.1. The van der Waals surface area contributed by atoms with Gasteiger partial charge in [0.25, 0.3) is 0 Å². The molecule has 0 saturated carbocycles. The SMILES string of the molecule is COC(=O)c1ccc(NC2CCCNC2=O)c(F)c1F. The number of carbonyl (C=O) groups is 2. The van der Waals surface area contributed by atoms with E-state index in [1.54, 1.807) is 0 Å². The van der Waals surface area contributed by atoms with Crippen LogP contribution in [0.1, 0.15) is 23.2 Å². The molecule has 0 radical (unpaired) electrons. The predicted molar refractivity (Wildman–Crippen MR) is 67.4 cm³/mol. The zero-order chi connectivity index (χ0) is 14.7. The Morgan fingerprint density at radius 1 is 1.40 bits per heavy atom. The van der Waals surface area contributed by atoms with Crippen LogP contribution in [0.2, 0.25) is 0 Å². The van der Waals surface area contributed by atoms with E-state index in [0.717, 1.165) is 19.6 Å². The van der Waals surface area contributed by atoms with Crippen LogP contribution < -0.4 is 10.6 Å². The van der Waals surface area contributed by atoms with E-state index in [1.165, 1.54) is 6.07 Å². The molecule has 1 aliphatic rings. The van der Waals surface area contributed by atoms with Crippen LogP contribution in [0.25, 0.3) is 0 Å². The molecule has 20 heavy (non-hydrogen) atoms. The molecule has 2 rings (SSSR count). The first-order valence-electron chi connectivity index (χ1n) is 6.15. The molecule has 1 aromatic carbocycles. The number of esters is 1. The van der Waals surface area contributed by atoms with Crippen LogP contribution in [-0.2, 0) is 9.53 Å². The van der Waals surface area contributed by atoms with Crippen molar-refractivity contribution >= 4 is 17.6 Å². The molecule has 0 bridgehead atoms. The number of amides is 1. The number of anilines is 1. The summed E-state index contributed by atoms with van der Waals surface area (Å²) in [4.78, 5) is 22.8. The lowest BCUT2D eigenvalue weighted by Gasteiger charge is -2.24. The van der Waals surface area contributed by atoms with Crippen molar-refractivity contribution in [3.8, 4) is 0 Å². The Bertz CT molecular complexity index is 549. The molecule has 1 fully saturated rings. The third-order valence-corrected chi connectivity index (χ3v) is 3.10. The zero-order valence-corrected chi connectivity index (χ0v) is 10.8. The number of carbonyl (C=O) groups excluding carboxylic acids is 2. The average Bonchev–Trinajstić information content (AvgIpc) is 2.45. The average molecular weight is 284 g/mol. The molecule has 0 aliphatic carbocycles. The molecular formula is C13H14F2N2O3. The highest BCUT2D eigenvalue weighted by Crippen LogP contribution is 2.23. The number of hydrogen-bond donors (Lipinski definition) is 2. The van der Waals surface area contributed by atoms with Gasteiger partial charge in [0.1, 0.15) is 6.04 Å². The number of hydrogen-bond acceptors (Lipinski definition) is 4. The highest BCUT2D eigenvalue weighted by atomic mass is 19.2. The maximum atomic E-state index is 13.9. The molecule has 1 aliphatic heterocycles. The Morgan fingerprint density at radius 3 is 2.80 bits per heavy atom. The van der Waals surface area contributed by atoms with E-state index >= 15 is 0 Å². The monoisotopic (exact) mass is 284 g/mol. The van der Waals surface area contributed by atoms with Gasteiger partial charge in [0.05, 0.1) is 18.4 Å². The van der Waals surface area contributed by atoms with Gasteiger partial charge in [-0.3, -0.25) is 4.79 Å². The van der Waals surface area contributed by atoms with Gasteiger partial charge in [-0.1, -0.05) is 0 Å². The summed E-state index contributed by atoms with van der Waals surface area (Å²) in [5, 5.41) is 5.28. The molecule has 0 spiro atoms. The van der Waals surface area contributed by atoms with E-state index in [0.29, 0.717) is 13.0 Å². The Balaban J connectivity index is 2.23. The maximum absolute atomic E-state index is 13.9. The Morgan fingerprint density at radius 2 is 2.15 bits per heavy atom. The normalized spacial score (nSPS) is 18.4. The van der Waals surface area contributed by atoms with E-state index < -0.39 is 29.2 Å². The van der Waals surface area contributed by atoms with Crippen molar-refractivity contribution in [2.45, 2.75) is 18.9 Å². The van der Waals surface area contributed by atoms with Crippen molar-refractivity contribution < 1.29 is 23.1 Å². The molecule has 108 valence electrons. The molecule has 2 N–H and O–H groups in total. The van der Waals surface area contributed by atoms with Gasteiger partial charge in [0.2, 0.25) is 5.91 Å². The fourth-order valence-corrected chi connectivity index (χ4v) is 2.03. The number of nitrogens with one attached hydrogen (secondary N) is 2. The minimum atomic E-state index is -1.29. The van der Waals surface area contributed by atoms with E-state index in [1.807, 2.05) is 0 Å². The van der Waals surface area contributed by atoms with E-state index in [4.69, 9.17) is 0 Å². The van der Waals surface area contributed by atoms with E-state index in [-0.39, 0.29) is 11.6 Å². The molecule has 1 heterocycles. The highest BCUT2D eigenvalue weighted by Gasteiger charge is 2.25. The molecule has 1 atom stereocenters. The first-order valence-corrected chi connectivity index (χ1v) is 6.15. The van der Waals surface area contributed by atoms with Crippen LogP contribution in [0.5, 0.6) is 0 Å². The number of benzene rings is 1. The van der Waals surface area contributed by atoms with Crippen LogP contribution in [0, 0.1) is 11.6 Å². The van der Waals surface area contributed by atoms with Gasteiger partial charge in [0, 0.05) is 6.54 Å². The topological polar surface area (TPSA) is 67.4 Å². The number of ether oxygens (including phenoxy) is 1. The summed E-state index contributed by atoms with van der Waals surface area (Å²) in [6.45, 7) is 0.579. The number of piperidine rings is 1. The lowest BCUT2D eigenvalue weighted by Crippen LogP contribution is -2.44. The molecular weight excluding hydrogens is 270 g/mol. The molecule has 1 saturated heterocycles. The predicted octanol–water partition coefficient (Wildman–Crippen LogP) is 1.44. The summed E-state index contributed by atoms with van der Waals surface area (Å²) < 4.78 is 31.9. The van der Waals surface area contributed by atoms with Crippen molar-refractivity contribution in [3.63, 3.8) is 0 Å². The van der Waals surface area contributed by atoms with Gasteiger partial charge < -0.3 is 15.4 Å². The summed E-state index contributed by atoms with van der Waals surface area (Å²) in [5.41, 5.74) is -0.638. The first kappa shape index (κ1) is 14.2. The highest BCUT2D eigenvalue weighted by molar-refractivity contribution is 5.90. The summed E-state index contributed by atoms with van der Waals surface area (Å²) in [6, 6.07) is 1.72. The van der Waals surface area contributed by atoms with Crippen LogP contribution >= 0.6 is 0 Å². The second-order valence-corrected chi connectivity index (χ2v) is 4.41. The summed E-state index contributed by atoms with van der Waals surface area (Å²) in [5.74, 6) is -3.71. The van der Waals surface area contributed by atoms with E-state index in [9.17, 15) is 18.4 Å². The fourth-order valence-electron chi connectivity index (χ4n) is 2.03. The fraction of sp³-hybridized carbons (Fsp3) is 0.385. The van der Waals surface area contributed by atoms with Gasteiger partial charge in [0.15, 0.2) is 11.6 Å². The Hall–Kier alpha value is -2.18. The summed E-state index contributed by atoms with van der Waals surface area (Å²) >= 11 is 0. The molecule has 5 nitrogen and oxygen atoms in total. The largest absolute Gasteiger partial charge is 0.465 e. The van der Waals surface area contributed by atoms with Gasteiger partial charge in [-0.15, -0.1) is 0 Å². The molecule has 0 aromatic heterocycles. The van der Waals surface area contributed by atoms with E-state index in [2.05, 4.69) is 15.4 Å². The molecule has 1 amide bonds. The number of methoxy groups -OCH3 is 1. The zero-order valence-electron chi connectivity index (χ0n) is 10.8. The van der Waals surface area contributed by atoms with Crippen LogP contribution in [0.4, 0.5) is 14.5 Å². The van der Waals surface area contributed by atoms with Gasteiger partial charge in [-0.25, -0.2) is 13.6 Å². The third-order valence-electron chi connectivity index (χ3n) is 3.10. The number of rotatable bonds is 3. The maximum Gasteiger partial charge on any atom is 0.340 e. The molecule has 1 unspecified atom stereocenters.